The number of hydrogen-bond acceptors (Lipinski definition) is 4. The van der Waals surface area contributed by atoms with Crippen molar-refractivity contribution in [2.75, 3.05) is 20.0 Å². The maximum Gasteiger partial charge on any atom is 0.310 e. The van der Waals surface area contributed by atoms with E-state index in [2.05, 4.69) is 4.74 Å². The first-order chi connectivity index (χ1) is 7.08. The zero-order chi connectivity index (χ0) is 11.4. The minimum absolute atomic E-state index is 0.195. The van der Waals surface area contributed by atoms with Crippen molar-refractivity contribution < 1.29 is 14.3 Å². The summed E-state index contributed by atoms with van der Waals surface area (Å²) in [6.07, 6.45) is 0.195. The van der Waals surface area contributed by atoms with Crippen LogP contribution in [0.25, 0.3) is 0 Å². The highest BCUT2D eigenvalue weighted by atomic mass is 16.5. The smallest absolute Gasteiger partial charge is 0.310 e. The van der Waals surface area contributed by atoms with E-state index in [1.54, 1.807) is 13.2 Å². The standard InChI is InChI=1S/C11H15NO3/c1-7-4-8(5-11(13)15-3)10(14-2)6-9(7)12/h4,6H,5,12H2,1-3H3. The van der Waals surface area contributed by atoms with Gasteiger partial charge in [0, 0.05) is 17.3 Å². The molecular formula is C11H15NO3. The van der Waals surface area contributed by atoms with Crippen molar-refractivity contribution in [2.45, 2.75) is 13.3 Å². The first-order valence-electron chi connectivity index (χ1n) is 4.58. The summed E-state index contributed by atoms with van der Waals surface area (Å²) in [6.45, 7) is 1.88. The Balaban J connectivity index is 3.05. The SMILES string of the molecule is COC(=O)Cc1cc(C)c(N)cc1OC. The molecule has 0 aliphatic rings. The third kappa shape index (κ3) is 2.62. The van der Waals surface area contributed by atoms with E-state index < -0.39 is 0 Å². The summed E-state index contributed by atoms with van der Waals surface area (Å²) in [5.41, 5.74) is 8.10. The van der Waals surface area contributed by atoms with Crippen LogP contribution in [0.1, 0.15) is 11.1 Å². The van der Waals surface area contributed by atoms with Crippen molar-refractivity contribution in [3.63, 3.8) is 0 Å². The van der Waals surface area contributed by atoms with Gasteiger partial charge >= 0.3 is 5.97 Å². The average molecular weight is 209 g/mol. The minimum Gasteiger partial charge on any atom is -0.496 e. The van der Waals surface area contributed by atoms with Gasteiger partial charge in [-0.25, -0.2) is 0 Å². The minimum atomic E-state index is -0.294. The molecule has 0 bridgehead atoms. The van der Waals surface area contributed by atoms with Gasteiger partial charge in [-0.1, -0.05) is 0 Å². The lowest BCUT2D eigenvalue weighted by molar-refractivity contribution is -0.139. The number of carbonyl (C=O) groups excluding carboxylic acids is 1. The molecule has 0 radical (unpaired) electrons. The first kappa shape index (κ1) is 11.4. The molecule has 1 aromatic rings. The Morgan fingerprint density at radius 2 is 2.07 bits per heavy atom. The number of benzene rings is 1. The third-order valence-corrected chi connectivity index (χ3v) is 2.23. The largest absolute Gasteiger partial charge is 0.496 e. The van der Waals surface area contributed by atoms with E-state index in [0.717, 1.165) is 11.1 Å². The van der Waals surface area contributed by atoms with E-state index in [1.807, 2.05) is 13.0 Å². The molecule has 4 heteroatoms. The van der Waals surface area contributed by atoms with Crippen LogP contribution in [0.4, 0.5) is 5.69 Å². The van der Waals surface area contributed by atoms with Crippen LogP contribution < -0.4 is 10.5 Å². The second kappa shape index (κ2) is 4.68. The number of aryl methyl sites for hydroxylation is 1. The van der Waals surface area contributed by atoms with Gasteiger partial charge in [-0.3, -0.25) is 4.79 Å². The molecule has 0 saturated heterocycles. The fourth-order valence-electron chi connectivity index (χ4n) is 1.32. The number of hydrogen-bond donors (Lipinski definition) is 1. The summed E-state index contributed by atoms with van der Waals surface area (Å²) in [6, 6.07) is 3.55. The van der Waals surface area contributed by atoms with Gasteiger partial charge in [0.25, 0.3) is 0 Å². The van der Waals surface area contributed by atoms with Gasteiger partial charge in [0.15, 0.2) is 0 Å². The van der Waals surface area contributed by atoms with E-state index in [0.29, 0.717) is 11.4 Å². The first-order valence-corrected chi connectivity index (χ1v) is 4.58. The lowest BCUT2D eigenvalue weighted by Gasteiger charge is -2.10. The number of methoxy groups -OCH3 is 2. The maximum absolute atomic E-state index is 11.1. The highest BCUT2D eigenvalue weighted by molar-refractivity contribution is 5.74. The number of anilines is 1. The van der Waals surface area contributed by atoms with Gasteiger partial charge in [0.1, 0.15) is 5.75 Å². The van der Waals surface area contributed by atoms with E-state index in [1.165, 1.54) is 7.11 Å². The number of esters is 1. The van der Waals surface area contributed by atoms with E-state index in [9.17, 15) is 4.79 Å². The summed E-state index contributed by atoms with van der Waals surface area (Å²) in [5.74, 6) is 0.320. The Hall–Kier alpha value is -1.71. The molecule has 0 spiro atoms. The number of ether oxygens (including phenoxy) is 2. The van der Waals surface area contributed by atoms with Gasteiger partial charge in [0.2, 0.25) is 0 Å². The molecule has 4 nitrogen and oxygen atoms in total. The number of nitrogen functional groups attached to an aromatic ring is 1. The molecule has 15 heavy (non-hydrogen) atoms. The summed E-state index contributed by atoms with van der Waals surface area (Å²) < 4.78 is 9.74. The normalized spacial score (nSPS) is 9.80. The molecule has 0 heterocycles. The third-order valence-electron chi connectivity index (χ3n) is 2.23. The quantitative estimate of drug-likeness (QED) is 0.602. The molecule has 1 rings (SSSR count). The Kier molecular flexibility index (Phi) is 3.55. The molecule has 0 aromatic heterocycles. The second-order valence-corrected chi connectivity index (χ2v) is 3.27. The molecule has 82 valence electrons. The van der Waals surface area contributed by atoms with Crippen LogP contribution in [-0.4, -0.2) is 20.2 Å². The molecule has 0 saturated carbocycles. The maximum atomic E-state index is 11.1. The van der Waals surface area contributed by atoms with Crippen molar-refractivity contribution in [3.05, 3.63) is 23.3 Å². The van der Waals surface area contributed by atoms with E-state index in [-0.39, 0.29) is 12.4 Å². The number of nitrogens with two attached hydrogens (primary N) is 1. The lowest BCUT2D eigenvalue weighted by Crippen LogP contribution is -2.07. The van der Waals surface area contributed by atoms with Gasteiger partial charge in [-0.2, -0.15) is 0 Å². The fraction of sp³-hybridized carbons (Fsp3) is 0.364. The van der Waals surface area contributed by atoms with Crippen molar-refractivity contribution in [1.82, 2.24) is 0 Å². The van der Waals surface area contributed by atoms with Crippen molar-refractivity contribution in [1.29, 1.82) is 0 Å². The Bertz CT molecular complexity index is 374. The van der Waals surface area contributed by atoms with Gasteiger partial charge < -0.3 is 15.2 Å². The summed E-state index contributed by atoms with van der Waals surface area (Å²) in [7, 11) is 2.91. The summed E-state index contributed by atoms with van der Waals surface area (Å²) >= 11 is 0. The molecule has 0 unspecified atom stereocenters. The highest BCUT2D eigenvalue weighted by Gasteiger charge is 2.10. The number of carbonyl (C=O) groups is 1. The zero-order valence-electron chi connectivity index (χ0n) is 9.16. The summed E-state index contributed by atoms with van der Waals surface area (Å²) in [5, 5.41) is 0. The molecule has 1 aromatic carbocycles. The van der Waals surface area contributed by atoms with Crippen LogP contribution in [0.2, 0.25) is 0 Å². The molecular weight excluding hydrogens is 194 g/mol. The van der Waals surface area contributed by atoms with Gasteiger partial charge in [-0.05, 0) is 18.6 Å². The summed E-state index contributed by atoms with van der Waals surface area (Å²) in [4.78, 5) is 11.1. The Morgan fingerprint density at radius 3 is 2.60 bits per heavy atom. The predicted octanol–water partition coefficient (Wildman–Crippen LogP) is 1.30. The Morgan fingerprint density at radius 1 is 1.40 bits per heavy atom. The molecule has 0 fully saturated rings. The van der Waals surface area contributed by atoms with Crippen LogP contribution in [0.15, 0.2) is 12.1 Å². The van der Waals surface area contributed by atoms with Crippen LogP contribution >= 0.6 is 0 Å². The topological polar surface area (TPSA) is 61.5 Å². The van der Waals surface area contributed by atoms with Crippen molar-refractivity contribution in [2.24, 2.45) is 0 Å². The van der Waals surface area contributed by atoms with E-state index >= 15 is 0 Å². The van der Waals surface area contributed by atoms with Crippen LogP contribution in [0.5, 0.6) is 5.75 Å². The van der Waals surface area contributed by atoms with E-state index in [4.69, 9.17) is 10.5 Å². The molecule has 0 atom stereocenters. The molecule has 2 N–H and O–H groups in total. The lowest BCUT2D eigenvalue weighted by atomic mass is 10.1. The number of rotatable bonds is 3. The van der Waals surface area contributed by atoms with Crippen molar-refractivity contribution >= 4 is 11.7 Å². The van der Waals surface area contributed by atoms with Gasteiger partial charge in [0.05, 0.1) is 20.6 Å². The monoisotopic (exact) mass is 209 g/mol. The molecule has 0 aliphatic heterocycles. The zero-order valence-corrected chi connectivity index (χ0v) is 9.16. The van der Waals surface area contributed by atoms with Crippen LogP contribution in [-0.2, 0) is 16.0 Å². The fourth-order valence-corrected chi connectivity index (χ4v) is 1.32. The van der Waals surface area contributed by atoms with Crippen molar-refractivity contribution in [3.8, 4) is 5.75 Å². The second-order valence-electron chi connectivity index (χ2n) is 3.27. The predicted molar refractivity (Wildman–Crippen MR) is 57.9 cm³/mol. The van der Waals surface area contributed by atoms with Gasteiger partial charge in [-0.15, -0.1) is 0 Å². The van der Waals surface area contributed by atoms with Crippen LogP contribution in [0.3, 0.4) is 0 Å². The molecule has 0 amide bonds. The Labute approximate surface area is 89.0 Å². The van der Waals surface area contributed by atoms with Crippen LogP contribution in [0, 0.1) is 6.92 Å². The average Bonchev–Trinajstić information content (AvgIpc) is 2.22. The molecule has 0 aliphatic carbocycles. The highest BCUT2D eigenvalue weighted by Crippen LogP contribution is 2.25.